The van der Waals surface area contributed by atoms with Crippen LogP contribution in [0.5, 0.6) is 0 Å². The van der Waals surface area contributed by atoms with E-state index in [1.54, 1.807) is 12.1 Å². The third-order valence-electron chi connectivity index (χ3n) is 7.89. The van der Waals surface area contributed by atoms with Crippen molar-refractivity contribution in [2.45, 2.75) is 31.7 Å². The molecule has 0 bridgehead atoms. The predicted molar refractivity (Wildman–Crippen MR) is 113 cm³/mol. The van der Waals surface area contributed by atoms with E-state index in [4.69, 9.17) is 4.74 Å². The highest BCUT2D eigenvalue weighted by molar-refractivity contribution is 5.60. The molecule has 6 rings (SSSR count). The summed E-state index contributed by atoms with van der Waals surface area (Å²) in [5.74, 6) is -0.317. The number of hydrogen-bond acceptors (Lipinski definition) is 5. The van der Waals surface area contributed by atoms with E-state index in [0.717, 1.165) is 38.0 Å². The van der Waals surface area contributed by atoms with Gasteiger partial charge in [0.05, 0.1) is 18.9 Å². The van der Waals surface area contributed by atoms with E-state index >= 15 is 0 Å². The highest BCUT2D eigenvalue weighted by Crippen LogP contribution is 2.51. The summed E-state index contributed by atoms with van der Waals surface area (Å²) in [7, 11) is 0. The van der Waals surface area contributed by atoms with Gasteiger partial charge < -0.3 is 15.0 Å². The normalized spacial score (nSPS) is 29.0. The van der Waals surface area contributed by atoms with Gasteiger partial charge in [0.15, 0.2) is 11.6 Å². The van der Waals surface area contributed by atoms with Gasteiger partial charge in [-0.1, -0.05) is 0 Å². The van der Waals surface area contributed by atoms with Crippen LogP contribution in [0.3, 0.4) is 0 Å². The van der Waals surface area contributed by atoms with E-state index in [0.29, 0.717) is 35.2 Å². The van der Waals surface area contributed by atoms with Crippen molar-refractivity contribution < 1.29 is 17.9 Å². The summed E-state index contributed by atoms with van der Waals surface area (Å²) in [6.45, 7) is 5.53. The molecule has 0 amide bonds. The second-order valence-electron chi connectivity index (χ2n) is 10.4. The zero-order valence-corrected chi connectivity index (χ0v) is 17.9. The molecule has 1 aromatic heterocycles. The maximum Gasteiger partial charge on any atom is 0.168 e. The Morgan fingerprint density at radius 1 is 1.03 bits per heavy atom. The standard InChI is InChI=1S/C24H27F3N4O/c25-17-5-19(23(27)20(26)6-17)21-1-2-22(30-29-21)28-18-3-15-10-31(11-16(15)4-18)9-14-7-24(8-14)12-32-13-24/h1-2,5-6,14-16,18H,3-4,7-13H2,(H,28,30)/t15-,16+,18+. The van der Waals surface area contributed by atoms with Crippen molar-refractivity contribution in [2.75, 3.05) is 38.2 Å². The van der Waals surface area contributed by atoms with Gasteiger partial charge in [-0.25, -0.2) is 13.2 Å². The first-order valence-electron chi connectivity index (χ1n) is 11.5. The zero-order valence-electron chi connectivity index (χ0n) is 17.9. The lowest BCUT2D eigenvalue weighted by atomic mass is 9.60. The number of hydrogen-bond donors (Lipinski definition) is 1. The topological polar surface area (TPSA) is 50.3 Å². The molecular weight excluding hydrogens is 417 g/mol. The molecule has 2 aromatic rings. The molecule has 4 fully saturated rings. The van der Waals surface area contributed by atoms with E-state index in [9.17, 15) is 13.2 Å². The van der Waals surface area contributed by atoms with Crippen molar-refractivity contribution in [3.63, 3.8) is 0 Å². The van der Waals surface area contributed by atoms with Gasteiger partial charge in [0.25, 0.3) is 0 Å². The van der Waals surface area contributed by atoms with Crippen molar-refractivity contribution in [3.05, 3.63) is 41.7 Å². The second-order valence-corrected chi connectivity index (χ2v) is 10.4. The summed E-state index contributed by atoms with van der Waals surface area (Å²) in [4.78, 5) is 2.66. The van der Waals surface area contributed by atoms with Crippen LogP contribution in [0.25, 0.3) is 11.3 Å². The maximum atomic E-state index is 14.0. The Labute approximate surface area is 185 Å². The molecule has 2 saturated carbocycles. The molecule has 3 atom stereocenters. The maximum absolute atomic E-state index is 14.0. The third kappa shape index (κ3) is 3.67. The third-order valence-corrected chi connectivity index (χ3v) is 7.89. The summed E-state index contributed by atoms with van der Waals surface area (Å²) >= 11 is 0. The Bertz CT molecular complexity index is 991. The fraction of sp³-hybridized carbons (Fsp3) is 0.583. The van der Waals surface area contributed by atoms with E-state index in [1.807, 2.05) is 0 Å². The minimum absolute atomic E-state index is 0.108. The van der Waals surface area contributed by atoms with Gasteiger partial charge in [-0.2, -0.15) is 0 Å². The number of nitrogens with zero attached hydrogens (tertiary/aromatic N) is 3. The Morgan fingerprint density at radius 2 is 1.78 bits per heavy atom. The fourth-order valence-corrected chi connectivity index (χ4v) is 6.45. The summed E-state index contributed by atoms with van der Waals surface area (Å²) in [6, 6.07) is 5.04. The lowest BCUT2D eigenvalue weighted by Gasteiger charge is -2.54. The van der Waals surface area contributed by atoms with Crippen molar-refractivity contribution in [1.82, 2.24) is 15.1 Å². The minimum Gasteiger partial charge on any atom is -0.380 e. The first kappa shape index (κ1) is 20.4. The van der Waals surface area contributed by atoms with Crippen LogP contribution >= 0.6 is 0 Å². The molecular formula is C24H27F3N4O. The molecule has 0 unspecified atom stereocenters. The van der Waals surface area contributed by atoms with Gasteiger partial charge >= 0.3 is 0 Å². The van der Waals surface area contributed by atoms with Gasteiger partial charge in [-0.3, -0.25) is 0 Å². The summed E-state index contributed by atoms with van der Waals surface area (Å²) in [5.41, 5.74) is 0.427. The first-order chi connectivity index (χ1) is 15.5. The summed E-state index contributed by atoms with van der Waals surface area (Å²) in [5, 5.41) is 11.5. The molecule has 1 aromatic carbocycles. The molecule has 2 saturated heterocycles. The van der Waals surface area contributed by atoms with E-state index in [-0.39, 0.29) is 11.3 Å². The van der Waals surface area contributed by atoms with E-state index < -0.39 is 17.5 Å². The summed E-state index contributed by atoms with van der Waals surface area (Å²) < 4.78 is 46.3. The van der Waals surface area contributed by atoms with E-state index in [1.165, 1.54) is 32.5 Å². The van der Waals surface area contributed by atoms with E-state index in [2.05, 4.69) is 20.4 Å². The molecule has 1 spiro atoms. The molecule has 8 heteroatoms. The van der Waals surface area contributed by atoms with Gasteiger partial charge in [0.1, 0.15) is 11.6 Å². The van der Waals surface area contributed by atoms with Crippen LogP contribution < -0.4 is 5.32 Å². The number of aromatic nitrogens is 2. The zero-order chi connectivity index (χ0) is 21.9. The van der Waals surface area contributed by atoms with Crippen LogP contribution in [-0.2, 0) is 4.74 Å². The monoisotopic (exact) mass is 444 g/mol. The van der Waals surface area contributed by atoms with Crippen LogP contribution in [0.2, 0.25) is 0 Å². The average molecular weight is 445 g/mol. The van der Waals surface area contributed by atoms with Crippen LogP contribution in [0, 0.1) is 40.6 Å². The number of rotatable bonds is 5. The quantitative estimate of drug-likeness (QED) is 0.704. The van der Waals surface area contributed by atoms with Crippen molar-refractivity contribution in [2.24, 2.45) is 23.2 Å². The largest absolute Gasteiger partial charge is 0.380 e. The number of nitrogens with one attached hydrogen (secondary N) is 1. The molecule has 170 valence electrons. The fourth-order valence-electron chi connectivity index (χ4n) is 6.45. The molecule has 32 heavy (non-hydrogen) atoms. The van der Waals surface area contributed by atoms with Gasteiger partial charge in [-0.05, 0) is 61.6 Å². The molecule has 1 N–H and O–H groups in total. The van der Waals surface area contributed by atoms with Gasteiger partial charge in [-0.15, -0.1) is 10.2 Å². The Kier molecular flexibility index (Phi) is 4.91. The molecule has 2 aliphatic carbocycles. The number of benzene rings is 1. The highest BCUT2D eigenvalue weighted by atomic mass is 19.2. The molecule has 3 heterocycles. The van der Waals surface area contributed by atoms with Crippen molar-refractivity contribution in [3.8, 4) is 11.3 Å². The lowest BCUT2D eigenvalue weighted by molar-refractivity contribution is -0.181. The molecule has 0 radical (unpaired) electrons. The second kappa shape index (κ2) is 7.70. The average Bonchev–Trinajstić information content (AvgIpc) is 3.24. The van der Waals surface area contributed by atoms with Gasteiger partial charge in [0.2, 0.25) is 0 Å². The van der Waals surface area contributed by atoms with Crippen LogP contribution in [0.1, 0.15) is 25.7 Å². The minimum atomic E-state index is -1.23. The van der Waals surface area contributed by atoms with Crippen LogP contribution in [0.4, 0.5) is 19.0 Å². The molecule has 2 aliphatic heterocycles. The summed E-state index contributed by atoms with van der Waals surface area (Å²) in [6.07, 6.45) is 4.89. The SMILES string of the molecule is Fc1cc(F)c(F)c(-c2ccc(N[C@H]3C[C@@H]4CN(CC5CC6(COC6)C5)C[C@@H]4C3)nn2)c1. The Morgan fingerprint density at radius 3 is 2.41 bits per heavy atom. The molecule has 5 nitrogen and oxygen atoms in total. The lowest BCUT2D eigenvalue weighted by Crippen LogP contribution is -2.54. The van der Waals surface area contributed by atoms with Crippen LogP contribution in [0.15, 0.2) is 24.3 Å². The van der Waals surface area contributed by atoms with Crippen molar-refractivity contribution >= 4 is 5.82 Å². The Hall–Kier alpha value is -2.19. The van der Waals surface area contributed by atoms with Crippen molar-refractivity contribution in [1.29, 1.82) is 0 Å². The highest BCUT2D eigenvalue weighted by Gasteiger charge is 2.50. The van der Waals surface area contributed by atoms with Crippen LogP contribution in [-0.4, -0.2) is 54.0 Å². The number of likely N-dealkylation sites (tertiary alicyclic amines) is 1. The number of halogens is 3. The first-order valence-corrected chi connectivity index (χ1v) is 11.5. The molecule has 4 aliphatic rings. The van der Waals surface area contributed by atoms with Gasteiger partial charge in [0, 0.05) is 42.7 Å². The number of ether oxygens (including phenoxy) is 1. The predicted octanol–water partition coefficient (Wildman–Crippen LogP) is 4.11. The smallest absolute Gasteiger partial charge is 0.168 e. The Balaban J connectivity index is 1.02. The number of anilines is 1. The number of fused-ring (bicyclic) bond motifs is 1.